The van der Waals surface area contributed by atoms with Gasteiger partial charge in [0, 0.05) is 44.3 Å². The fourth-order valence-electron chi connectivity index (χ4n) is 5.17. The van der Waals surface area contributed by atoms with Gasteiger partial charge >= 0.3 is 0 Å². The van der Waals surface area contributed by atoms with Crippen LogP contribution in [0.4, 0.5) is 5.69 Å². The molecule has 1 saturated carbocycles. The van der Waals surface area contributed by atoms with Gasteiger partial charge in [0.25, 0.3) is 0 Å². The van der Waals surface area contributed by atoms with Crippen LogP contribution < -0.4 is 10.6 Å². The SMILES string of the molecule is O=C/C(NCCCCCCS(=O)(=O)N(CCN1CCOCC1)OCCC1CCCCC1)=C(\C=O)Nc1ccncc1. The molecule has 3 rings (SSSR count). The van der Waals surface area contributed by atoms with Gasteiger partial charge in [-0.3, -0.25) is 24.3 Å². The van der Waals surface area contributed by atoms with Gasteiger partial charge in [0.05, 0.1) is 32.1 Å². The number of hydroxylamine groups is 1. The van der Waals surface area contributed by atoms with Gasteiger partial charge in [-0.1, -0.05) is 49.4 Å². The van der Waals surface area contributed by atoms with Crippen molar-refractivity contribution < 1.29 is 27.6 Å². The van der Waals surface area contributed by atoms with Crippen LogP contribution >= 0.6 is 0 Å². The van der Waals surface area contributed by atoms with Gasteiger partial charge < -0.3 is 15.4 Å². The molecule has 2 aliphatic rings. The van der Waals surface area contributed by atoms with Gasteiger partial charge in [0.15, 0.2) is 12.6 Å². The van der Waals surface area contributed by atoms with Crippen LogP contribution in [0.5, 0.6) is 0 Å². The fraction of sp³-hybridized carbons (Fsp3) is 0.690. The second kappa shape index (κ2) is 18.9. The number of carbonyl (C=O) groups is 2. The monoisotopic (exact) mass is 593 g/mol. The number of hydrogen-bond acceptors (Lipinski definition) is 10. The first kappa shape index (κ1) is 33.1. The van der Waals surface area contributed by atoms with Crippen LogP contribution in [-0.4, -0.2) is 93.6 Å². The van der Waals surface area contributed by atoms with E-state index in [-0.39, 0.29) is 17.1 Å². The Morgan fingerprint density at radius 2 is 1.73 bits per heavy atom. The van der Waals surface area contributed by atoms with Crippen LogP contribution in [-0.2, 0) is 29.2 Å². The maximum atomic E-state index is 13.2. The van der Waals surface area contributed by atoms with E-state index in [1.165, 1.54) is 36.6 Å². The normalized spacial score (nSPS) is 17.7. The van der Waals surface area contributed by atoms with E-state index in [1.54, 1.807) is 24.5 Å². The first-order valence-corrected chi connectivity index (χ1v) is 16.6. The van der Waals surface area contributed by atoms with E-state index in [0.717, 1.165) is 38.8 Å². The number of pyridine rings is 1. The van der Waals surface area contributed by atoms with Crippen LogP contribution in [0.3, 0.4) is 0 Å². The number of carbonyl (C=O) groups excluding carboxylic acids is 2. The Labute approximate surface area is 245 Å². The molecule has 0 amide bonds. The summed E-state index contributed by atoms with van der Waals surface area (Å²) in [6.07, 6.45) is 14.3. The van der Waals surface area contributed by atoms with Crippen molar-refractivity contribution in [3.8, 4) is 0 Å². The molecule has 1 aromatic rings. The summed E-state index contributed by atoms with van der Waals surface area (Å²) >= 11 is 0. The lowest BCUT2D eigenvalue weighted by Crippen LogP contribution is -2.43. The number of sulfonamides is 1. The topological polar surface area (TPSA) is 130 Å². The Hall–Kier alpha value is -2.38. The summed E-state index contributed by atoms with van der Waals surface area (Å²) in [5, 5.41) is 5.92. The average molecular weight is 594 g/mol. The molecule has 2 fully saturated rings. The summed E-state index contributed by atoms with van der Waals surface area (Å²) < 4.78 is 33.1. The van der Waals surface area contributed by atoms with Gasteiger partial charge in [-0.2, -0.15) is 0 Å². The quantitative estimate of drug-likeness (QED) is 0.101. The van der Waals surface area contributed by atoms with Crippen molar-refractivity contribution >= 4 is 28.3 Å². The maximum Gasteiger partial charge on any atom is 0.236 e. The first-order valence-electron chi connectivity index (χ1n) is 15.0. The van der Waals surface area contributed by atoms with E-state index in [2.05, 4.69) is 20.5 Å². The van der Waals surface area contributed by atoms with Crippen LogP contribution in [0, 0.1) is 5.92 Å². The van der Waals surface area contributed by atoms with Crippen LogP contribution in [0.2, 0.25) is 0 Å². The number of nitrogens with one attached hydrogen (secondary N) is 2. The van der Waals surface area contributed by atoms with Gasteiger partial charge in [-0.15, -0.1) is 0 Å². The molecule has 1 aromatic heterocycles. The molecule has 1 saturated heterocycles. The Bertz CT molecular complexity index is 1030. The minimum Gasteiger partial charge on any atom is -0.381 e. The van der Waals surface area contributed by atoms with E-state index in [1.807, 2.05) is 0 Å². The minimum absolute atomic E-state index is 0.0393. The average Bonchev–Trinajstić information content (AvgIpc) is 3.00. The molecule has 0 spiro atoms. The molecular weight excluding hydrogens is 546 g/mol. The molecule has 1 aliphatic carbocycles. The molecule has 0 bridgehead atoms. The van der Waals surface area contributed by atoms with Gasteiger partial charge in [0.2, 0.25) is 10.0 Å². The summed E-state index contributed by atoms with van der Waals surface area (Å²) in [4.78, 5) is 35.1. The van der Waals surface area contributed by atoms with Gasteiger partial charge in [-0.25, -0.2) is 8.42 Å². The molecule has 0 aromatic carbocycles. The lowest BCUT2D eigenvalue weighted by atomic mass is 9.87. The van der Waals surface area contributed by atoms with Gasteiger partial charge in [0.1, 0.15) is 11.4 Å². The summed E-state index contributed by atoms with van der Waals surface area (Å²) in [6.45, 7) is 4.83. The highest BCUT2D eigenvalue weighted by atomic mass is 32.2. The van der Waals surface area contributed by atoms with E-state index >= 15 is 0 Å². The minimum atomic E-state index is -3.55. The Balaban J connectivity index is 1.40. The van der Waals surface area contributed by atoms with Crippen molar-refractivity contribution in [2.75, 3.05) is 63.6 Å². The third-order valence-corrected chi connectivity index (χ3v) is 9.34. The molecule has 12 heteroatoms. The van der Waals surface area contributed by atoms with E-state index in [0.29, 0.717) is 70.1 Å². The second-order valence-corrected chi connectivity index (χ2v) is 12.7. The van der Waals surface area contributed by atoms with Crippen molar-refractivity contribution in [2.24, 2.45) is 5.92 Å². The number of hydrogen-bond donors (Lipinski definition) is 2. The summed E-state index contributed by atoms with van der Waals surface area (Å²) in [6, 6.07) is 3.40. The number of ether oxygens (including phenoxy) is 1. The number of aldehydes is 2. The smallest absolute Gasteiger partial charge is 0.236 e. The molecule has 0 unspecified atom stereocenters. The Kier molecular flexibility index (Phi) is 15.3. The molecule has 0 atom stereocenters. The zero-order valence-electron chi connectivity index (χ0n) is 24.2. The lowest BCUT2D eigenvalue weighted by Gasteiger charge is -2.29. The lowest BCUT2D eigenvalue weighted by molar-refractivity contribution is -0.107. The highest BCUT2D eigenvalue weighted by Crippen LogP contribution is 2.26. The molecule has 11 nitrogen and oxygen atoms in total. The number of unbranched alkanes of at least 4 members (excludes halogenated alkanes) is 3. The molecule has 0 radical (unpaired) electrons. The molecule has 1 aliphatic heterocycles. The van der Waals surface area contributed by atoms with Crippen molar-refractivity contribution in [3.63, 3.8) is 0 Å². The predicted molar refractivity (Wildman–Crippen MR) is 158 cm³/mol. The van der Waals surface area contributed by atoms with Crippen LogP contribution in [0.15, 0.2) is 35.9 Å². The maximum absolute atomic E-state index is 13.2. The van der Waals surface area contributed by atoms with Crippen LogP contribution in [0.25, 0.3) is 0 Å². The molecule has 2 heterocycles. The van der Waals surface area contributed by atoms with Gasteiger partial charge in [-0.05, 0) is 37.3 Å². The molecule has 2 N–H and O–H groups in total. The third kappa shape index (κ3) is 12.6. The highest BCUT2D eigenvalue weighted by molar-refractivity contribution is 7.88. The van der Waals surface area contributed by atoms with Crippen molar-refractivity contribution in [1.82, 2.24) is 19.7 Å². The summed E-state index contributed by atoms with van der Waals surface area (Å²) in [5.74, 6) is 0.669. The first-order chi connectivity index (χ1) is 20.0. The summed E-state index contributed by atoms with van der Waals surface area (Å²) in [5.41, 5.74) is 0.986. The number of allylic oxidation sites excluding steroid dienone is 2. The van der Waals surface area contributed by atoms with Crippen molar-refractivity contribution in [1.29, 1.82) is 0 Å². The van der Waals surface area contributed by atoms with Crippen molar-refractivity contribution in [3.05, 3.63) is 35.9 Å². The fourth-order valence-corrected chi connectivity index (χ4v) is 6.54. The zero-order chi connectivity index (χ0) is 29.2. The number of nitrogens with zero attached hydrogens (tertiary/aromatic N) is 3. The van der Waals surface area contributed by atoms with Crippen molar-refractivity contribution in [2.45, 2.75) is 64.2 Å². The zero-order valence-corrected chi connectivity index (χ0v) is 25.0. The Morgan fingerprint density at radius 1 is 1.02 bits per heavy atom. The molecule has 41 heavy (non-hydrogen) atoms. The van der Waals surface area contributed by atoms with Crippen LogP contribution in [0.1, 0.15) is 64.2 Å². The second-order valence-electron chi connectivity index (χ2n) is 10.7. The summed E-state index contributed by atoms with van der Waals surface area (Å²) in [7, 11) is -3.55. The number of morpholine rings is 1. The third-order valence-electron chi connectivity index (χ3n) is 7.63. The molecule has 230 valence electrons. The highest BCUT2D eigenvalue weighted by Gasteiger charge is 2.25. The number of rotatable bonds is 20. The van der Waals surface area contributed by atoms with E-state index in [4.69, 9.17) is 9.57 Å². The van der Waals surface area contributed by atoms with E-state index in [9.17, 15) is 18.0 Å². The number of anilines is 1. The van der Waals surface area contributed by atoms with E-state index < -0.39 is 10.0 Å². The Morgan fingerprint density at radius 3 is 2.44 bits per heavy atom. The predicted octanol–water partition coefficient (Wildman–Crippen LogP) is 3.12. The molecular formula is C29H47N5O6S. The number of aromatic nitrogens is 1. The standard InChI is InChI=1S/C29H47N5O6S/c35-24-28(29(25-36)32-27-10-14-30-15-11-27)31-13-6-1-2-7-23-41(37,38)34(17-16-33-18-21-39-22-19-33)40-20-12-26-8-4-3-5-9-26/h10-11,14-15,24-26,31H,1-9,12-13,16-23H2,(H,30,32)/b29-28-. The largest absolute Gasteiger partial charge is 0.381 e.